The van der Waals surface area contributed by atoms with E-state index in [1.165, 1.54) is 13.2 Å². The summed E-state index contributed by atoms with van der Waals surface area (Å²) in [6, 6.07) is 6.24. The molecule has 0 unspecified atom stereocenters. The number of ether oxygens (including phenoxy) is 2. The second kappa shape index (κ2) is 10.8. The zero-order valence-electron chi connectivity index (χ0n) is 21.2. The smallest absolute Gasteiger partial charge is 0.298 e. The molecular formula is C28H28FN5O4. The van der Waals surface area contributed by atoms with E-state index >= 15 is 0 Å². The summed E-state index contributed by atoms with van der Waals surface area (Å²) >= 11 is 0. The summed E-state index contributed by atoms with van der Waals surface area (Å²) in [5.41, 5.74) is 3.34. The number of para-hydroxylation sites is 1. The predicted molar refractivity (Wildman–Crippen MR) is 140 cm³/mol. The number of fused-ring (bicyclic) bond motifs is 1. The number of nitrogens with one attached hydrogen (secondary N) is 3. The average Bonchev–Trinajstić information content (AvgIpc) is 3.53. The summed E-state index contributed by atoms with van der Waals surface area (Å²) in [7, 11) is 1.39. The highest BCUT2D eigenvalue weighted by Crippen LogP contribution is 2.42. The van der Waals surface area contributed by atoms with Crippen LogP contribution in [-0.4, -0.2) is 59.5 Å². The summed E-state index contributed by atoms with van der Waals surface area (Å²) in [5, 5.41) is 6.10. The van der Waals surface area contributed by atoms with E-state index in [0.717, 1.165) is 18.5 Å². The molecule has 9 nitrogen and oxygen atoms in total. The standard InChI is InChI=1S/C28H28FN5O4/c1-3-6-23(35)34-14-5-7-17(34)16-38-22-15-30-12-10-18(22)25-26(24-20(32-25)11-13-31-28(24)36)33-21-9-4-8-19(29)27(21)37-2/h4,8-10,12,15,17,32-33H,5,7,11,13-14,16H2,1-2H3,(H,31,36)/t17-/m0/s1. The van der Waals surface area contributed by atoms with Crippen LogP contribution in [0.1, 0.15) is 35.8 Å². The number of benzene rings is 1. The Morgan fingerprint density at radius 2 is 2.21 bits per heavy atom. The molecule has 1 aromatic carbocycles. The lowest BCUT2D eigenvalue weighted by Crippen LogP contribution is -2.38. The van der Waals surface area contributed by atoms with E-state index in [4.69, 9.17) is 9.47 Å². The van der Waals surface area contributed by atoms with Crippen molar-refractivity contribution in [2.45, 2.75) is 32.2 Å². The largest absolute Gasteiger partial charge is 0.492 e. The lowest BCUT2D eigenvalue weighted by molar-refractivity contribution is -0.126. The van der Waals surface area contributed by atoms with Crippen molar-refractivity contribution in [3.8, 4) is 34.6 Å². The highest BCUT2D eigenvalue weighted by molar-refractivity contribution is 6.06. The second-order valence-electron chi connectivity index (χ2n) is 9.03. The van der Waals surface area contributed by atoms with Crippen LogP contribution >= 0.6 is 0 Å². The normalized spacial score (nSPS) is 16.2. The number of amides is 2. The van der Waals surface area contributed by atoms with Gasteiger partial charge in [0.05, 0.1) is 42.0 Å². The molecular weight excluding hydrogens is 489 g/mol. The number of rotatable bonds is 7. The first-order chi connectivity index (χ1) is 18.5. The average molecular weight is 518 g/mol. The molecule has 1 atom stereocenters. The van der Waals surface area contributed by atoms with Gasteiger partial charge < -0.3 is 30.0 Å². The van der Waals surface area contributed by atoms with Crippen molar-refractivity contribution in [2.75, 3.05) is 32.1 Å². The van der Waals surface area contributed by atoms with E-state index in [0.29, 0.717) is 53.5 Å². The van der Waals surface area contributed by atoms with Gasteiger partial charge in [-0.15, -0.1) is 0 Å². The van der Waals surface area contributed by atoms with Crippen molar-refractivity contribution in [3.63, 3.8) is 0 Å². The number of halogens is 1. The van der Waals surface area contributed by atoms with E-state index in [1.54, 1.807) is 42.4 Å². The molecule has 2 aliphatic rings. The number of aromatic nitrogens is 2. The Hall–Kier alpha value is -4.52. The van der Waals surface area contributed by atoms with Crippen molar-refractivity contribution in [1.82, 2.24) is 20.2 Å². The minimum absolute atomic E-state index is 0.0389. The Morgan fingerprint density at radius 1 is 1.34 bits per heavy atom. The van der Waals surface area contributed by atoms with Crippen molar-refractivity contribution in [3.05, 3.63) is 53.7 Å². The number of pyridine rings is 1. The van der Waals surface area contributed by atoms with Crippen LogP contribution in [0.2, 0.25) is 0 Å². The summed E-state index contributed by atoms with van der Waals surface area (Å²) in [5.74, 6) is 4.84. The maximum atomic E-state index is 14.5. The number of hydrogen-bond donors (Lipinski definition) is 3. The molecule has 0 aliphatic carbocycles. The Bertz CT molecular complexity index is 1440. The number of methoxy groups -OCH3 is 1. The van der Waals surface area contributed by atoms with Crippen LogP contribution in [0.15, 0.2) is 36.7 Å². The number of nitrogens with zero attached hydrogens (tertiary/aromatic N) is 2. The van der Waals surface area contributed by atoms with Crippen molar-refractivity contribution in [2.24, 2.45) is 0 Å². The highest BCUT2D eigenvalue weighted by atomic mass is 19.1. The van der Waals surface area contributed by atoms with Crippen LogP contribution < -0.4 is 20.1 Å². The molecule has 1 saturated heterocycles. The Kier molecular flexibility index (Phi) is 7.18. The molecule has 2 aromatic heterocycles. The van der Waals surface area contributed by atoms with Crippen LogP contribution in [0.3, 0.4) is 0 Å². The molecule has 1 fully saturated rings. The van der Waals surface area contributed by atoms with Crippen LogP contribution in [0.25, 0.3) is 11.3 Å². The second-order valence-corrected chi connectivity index (χ2v) is 9.03. The van der Waals surface area contributed by atoms with E-state index in [1.807, 2.05) is 0 Å². The van der Waals surface area contributed by atoms with Crippen LogP contribution in [0, 0.1) is 17.7 Å². The first-order valence-electron chi connectivity index (χ1n) is 12.4. The number of H-pyrrole nitrogens is 1. The molecule has 2 aliphatic heterocycles. The topological polar surface area (TPSA) is 109 Å². The van der Waals surface area contributed by atoms with Crippen molar-refractivity contribution in [1.29, 1.82) is 0 Å². The van der Waals surface area contributed by atoms with Gasteiger partial charge >= 0.3 is 0 Å². The van der Waals surface area contributed by atoms with Crippen molar-refractivity contribution >= 4 is 23.2 Å². The number of carbonyl (C=O) groups is 2. The summed E-state index contributed by atoms with van der Waals surface area (Å²) in [4.78, 5) is 34.7. The summed E-state index contributed by atoms with van der Waals surface area (Å²) in [6.45, 7) is 3.06. The van der Waals surface area contributed by atoms with Gasteiger partial charge in [-0.3, -0.25) is 14.6 Å². The highest BCUT2D eigenvalue weighted by Gasteiger charge is 2.31. The third kappa shape index (κ3) is 4.75. The zero-order chi connectivity index (χ0) is 26.6. The predicted octanol–water partition coefficient (Wildman–Crippen LogP) is 3.65. The molecule has 0 saturated carbocycles. The monoisotopic (exact) mass is 517 g/mol. The number of hydrogen-bond acceptors (Lipinski definition) is 6. The lowest BCUT2D eigenvalue weighted by atomic mass is 10.0. The molecule has 5 rings (SSSR count). The van der Waals surface area contributed by atoms with Crippen molar-refractivity contribution < 1.29 is 23.5 Å². The third-order valence-corrected chi connectivity index (χ3v) is 6.75. The number of anilines is 2. The van der Waals surface area contributed by atoms with Gasteiger partial charge in [0.2, 0.25) is 0 Å². The Labute approximate surface area is 219 Å². The summed E-state index contributed by atoms with van der Waals surface area (Å²) in [6.07, 6.45) is 5.55. The third-order valence-electron chi connectivity index (χ3n) is 6.75. The molecule has 0 bridgehead atoms. The SMILES string of the molecule is CC#CC(=O)N1CCC[C@H]1COc1cnccc1-c1[nH]c2c(c1Nc1cccc(F)c1OC)C(=O)NCC2. The molecule has 38 heavy (non-hydrogen) atoms. The first kappa shape index (κ1) is 25.1. The van der Waals surface area contributed by atoms with Gasteiger partial charge in [-0.2, -0.15) is 0 Å². The molecule has 3 N–H and O–H groups in total. The molecule has 196 valence electrons. The lowest BCUT2D eigenvalue weighted by Gasteiger charge is -2.23. The maximum Gasteiger partial charge on any atom is 0.298 e. The van der Waals surface area contributed by atoms with Gasteiger partial charge in [-0.05, 0) is 43.9 Å². The van der Waals surface area contributed by atoms with Gasteiger partial charge in [-0.25, -0.2) is 4.39 Å². The van der Waals surface area contributed by atoms with Crippen LogP contribution in [-0.2, 0) is 11.2 Å². The number of carbonyl (C=O) groups excluding carboxylic acids is 2. The zero-order valence-corrected chi connectivity index (χ0v) is 21.2. The fourth-order valence-electron chi connectivity index (χ4n) is 5.00. The van der Waals surface area contributed by atoms with Crippen LogP contribution in [0.5, 0.6) is 11.5 Å². The van der Waals surface area contributed by atoms with Gasteiger partial charge in [0.25, 0.3) is 11.8 Å². The Balaban J connectivity index is 1.51. The maximum absolute atomic E-state index is 14.5. The molecule has 0 spiro atoms. The van der Waals surface area contributed by atoms with Gasteiger partial charge in [-0.1, -0.05) is 12.0 Å². The Morgan fingerprint density at radius 3 is 3.03 bits per heavy atom. The minimum atomic E-state index is -0.524. The van der Waals surface area contributed by atoms with Gasteiger partial charge in [0, 0.05) is 37.0 Å². The van der Waals surface area contributed by atoms with Gasteiger partial charge in [0.15, 0.2) is 11.6 Å². The molecule has 0 radical (unpaired) electrons. The van der Waals surface area contributed by atoms with E-state index in [-0.39, 0.29) is 30.2 Å². The minimum Gasteiger partial charge on any atom is -0.492 e. The fraction of sp³-hybridized carbons (Fsp3) is 0.321. The fourth-order valence-corrected chi connectivity index (χ4v) is 5.00. The molecule has 2 amide bonds. The van der Waals surface area contributed by atoms with Crippen LogP contribution in [0.4, 0.5) is 15.8 Å². The summed E-state index contributed by atoms with van der Waals surface area (Å²) < 4.78 is 26.0. The van der Waals surface area contributed by atoms with E-state index in [9.17, 15) is 14.0 Å². The molecule has 4 heterocycles. The van der Waals surface area contributed by atoms with E-state index < -0.39 is 5.82 Å². The molecule has 10 heteroatoms. The number of aromatic amines is 1. The van der Waals surface area contributed by atoms with Gasteiger partial charge in [0.1, 0.15) is 12.4 Å². The van der Waals surface area contributed by atoms with E-state index in [2.05, 4.69) is 32.4 Å². The molecule has 3 aromatic rings. The number of likely N-dealkylation sites (tertiary alicyclic amines) is 1. The quantitative estimate of drug-likeness (QED) is 0.413. The first-order valence-corrected chi connectivity index (χ1v) is 12.4.